The monoisotopic (exact) mass is 294 g/mol. The smallest absolute Gasteiger partial charge is 0.146 e. The molecule has 2 rings (SSSR count). The third-order valence-electron chi connectivity index (χ3n) is 2.35. The highest BCUT2D eigenvalue weighted by atomic mass is 79.9. The highest BCUT2D eigenvalue weighted by Crippen LogP contribution is 2.19. The van der Waals surface area contributed by atoms with Crippen molar-refractivity contribution in [2.24, 2.45) is 0 Å². The summed E-state index contributed by atoms with van der Waals surface area (Å²) in [5.41, 5.74) is 1.51. The first-order valence-corrected chi connectivity index (χ1v) is 6.14. The molecule has 2 nitrogen and oxygen atoms in total. The van der Waals surface area contributed by atoms with E-state index in [0.29, 0.717) is 12.2 Å². The number of hydrogen-bond donors (Lipinski definition) is 1. The highest BCUT2D eigenvalue weighted by Gasteiger charge is 2.01. The number of benzene rings is 1. The molecule has 0 fully saturated rings. The summed E-state index contributed by atoms with van der Waals surface area (Å²) in [5.74, 6) is -0.241. The van der Waals surface area contributed by atoms with Gasteiger partial charge < -0.3 is 5.32 Å². The molecule has 88 valence electrons. The Kier molecular flexibility index (Phi) is 4.09. The van der Waals surface area contributed by atoms with E-state index in [9.17, 15) is 4.39 Å². The van der Waals surface area contributed by atoms with Crippen LogP contribution in [0.2, 0.25) is 0 Å². The molecule has 4 heteroatoms. The van der Waals surface area contributed by atoms with Gasteiger partial charge in [-0.3, -0.25) is 4.98 Å². The molecule has 0 unspecified atom stereocenters. The van der Waals surface area contributed by atoms with Gasteiger partial charge in [-0.2, -0.15) is 0 Å². The van der Waals surface area contributed by atoms with Crippen LogP contribution < -0.4 is 5.32 Å². The molecule has 0 radical (unpaired) electrons. The van der Waals surface area contributed by atoms with Gasteiger partial charge in [0, 0.05) is 29.3 Å². The highest BCUT2D eigenvalue weighted by molar-refractivity contribution is 9.10. The first-order valence-electron chi connectivity index (χ1n) is 5.34. The van der Waals surface area contributed by atoms with E-state index >= 15 is 0 Å². The van der Waals surface area contributed by atoms with Gasteiger partial charge in [0.1, 0.15) is 5.82 Å². The van der Waals surface area contributed by atoms with Crippen molar-refractivity contribution in [2.45, 2.75) is 6.42 Å². The minimum absolute atomic E-state index is 0.241. The van der Waals surface area contributed by atoms with Crippen molar-refractivity contribution >= 4 is 21.6 Å². The number of anilines is 1. The Hall–Kier alpha value is -1.42. The van der Waals surface area contributed by atoms with Crippen LogP contribution in [0.15, 0.2) is 47.1 Å². The number of hydrogen-bond acceptors (Lipinski definition) is 2. The summed E-state index contributed by atoms with van der Waals surface area (Å²) < 4.78 is 14.3. The van der Waals surface area contributed by atoms with Crippen molar-refractivity contribution in [2.75, 3.05) is 11.9 Å². The van der Waals surface area contributed by atoms with Gasteiger partial charge in [0.05, 0.1) is 5.69 Å². The first-order chi connectivity index (χ1) is 8.25. The van der Waals surface area contributed by atoms with Crippen LogP contribution in [-0.4, -0.2) is 11.5 Å². The molecule has 0 bridgehead atoms. The quantitative estimate of drug-likeness (QED) is 0.931. The van der Waals surface area contributed by atoms with Crippen molar-refractivity contribution in [3.8, 4) is 0 Å². The number of halogens is 2. The molecule has 1 aromatic carbocycles. The summed E-state index contributed by atoms with van der Waals surface area (Å²) in [7, 11) is 0. The van der Waals surface area contributed by atoms with Crippen LogP contribution in [0.1, 0.15) is 5.69 Å². The number of rotatable bonds is 4. The van der Waals surface area contributed by atoms with E-state index in [1.54, 1.807) is 18.3 Å². The van der Waals surface area contributed by atoms with Crippen molar-refractivity contribution < 1.29 is 4.39 Å². The Morgan fingerprint density at radius 2 is 2.12 bits per heavy atom. The third-order valence-corrected chi connectivity index (χ3v) is 2.84. The molecule has 1 aromatic heterocycles. The first kappa shape index (κ1) is 12.0. The van der Waals surface area contributed by atoms with Gasteiger partial charge in [-0.1, -0.05) is 22.0 Å². The van der Waals surface area contributed by atoms with Crippen molar-refractivity contribution in [1.82, 2.24) is 4.98 Å². The van der Waals surface area contributed by atoms with Crippen LogP contribution in [0.3, 0.4) is 0 Å². The van der Waals surface area contributed by atoms with Crippen LogP contribution in [0.25, 0.3) is 0 Å². The number of nitrogens with one attached hydrogen (secondary N) is 1. The molecular formula is C13H12BrFN2. The van der Waals surface area contributed by atoms with E-state index in [-0.39, 0.29) is 5.82 Å². The molecule has 2 aromatic rings. The fourth-order valence-corrected chi connectivity index (χ4v) is 1.87. The molecule has 0 aliphatic heterocycles. The predicted molar refractivity (Wildman–Crippen MR) is 70.5 cm³/mol. The fourth-order valence-electron chi connectivity index (χ4n) is 1.50. The summed E-state index contributed by atoms with van der Waals surface area (Å²) in [6, 6.07) is 10.6. The fraction of sp³-hybridized carbons (Fsp3) is 0.154. The second-order valence-corrected chi connectivity index (χ2v) is 4.54. The molecule has 0 spiro atoms. The molecule has 0 saturated heterocycles. The lowest BCUT2D eigenvalue weighted by molar-refractivity contribution is 0.629. The maximum absolute atomic E-state index is 13.4. The summed E-state index contributed by atoms with van der Waals surface area (Å²) in [5, 5.41) is 3.06. The third kappa shape index (κ3) is 3.53. The van der Waals surface area contributed by atoms with E-state index in [2.05, 4.69) is 26.2 Å². The topological polar surface area (TPSA) is 24.9 Å². The lowest BCUT2D eigenvalue weighted by Crippen LogP contribution is -2.07. The van der Waals surface area contributed by atoms with Gasteiger partial charge in [0.15, 0.2) is 0 Å². The Labute approximate surface area is 108 Å². The van der Waals surface area contributed by atoms with Gasteiger partial charge >= 0.3 is 0 Å². The molecule has 0 amide bonds. The predicted octanol–water partition coefficient (Wildman–Crippen LogP) is 3.64. The summed E-state index contributed by atoms with van der Waals surface area (Å²) in [6.07, 6.45) is 2.53. The molecule has 17 heavy (non-hydrogen) atoms. The zero-order valence-electron chi connectivity index (χ0n) is 9.16. The zero-order valence-corrected chi connectivity index (χ0v) is 10.7. The van der Waals surface area contributed by atoms with Crippen LogP contribution in [0, 0.1) is 5.82 Å². The molecule has 0 aliphatic rings. The maximum atomic E-state index is 13.4. The van der Waals surface area contributed by atoms with E-state index in [1.807, 2.05) is 18.2 Å². The minimum atomic E-state index is -0.241. The summed E-state index contributed by atoms with van der Waals surface area (Å²) >= 11 is 3.31. The van der Waals surface area contributed by atoms with E-state index < -0.39 is 0 Å². The van der Waals surface area contributed by atoms with Gasteiger partial charge in [-0.15, -0.1) is 0 Å². The number of aromatic nitrogens is 1. The second kappa shape index (κ2) is 5.77. The molecule has 1 N–H and O–H groups in total. The maximum Gasteiger partial charge on any atom is 0.146 e. The largest absolute Gasteiger partial charge is 0.382 e. The van der Waals surface area contributed by atoms with Crippen molar-refractivity contribution in [3.05, 3.63) is 58.6 Å². The minimum Gasteiger partial charge on any atom is -0.382 e. The van der Waals surface area contributed by atoms with Gasteiger partial charge in [-0.25, -0.2) is 4.39 Å². The second-order valence-electron chi connectivity index (χ2n) is 3.62. The standard InChI is InChI=1S/C13H12BrFN2/c14-10-4-5-12(15)13(9-10)17-8-6-11-3-1-2-7-16-11/h1-5,7,9,17H,6,8H2. The Morgan fingerprint density at radius 1 is 1.24 bits per heavy atom. The average molecular weight is 295 g/mol. The van der Waals surface area contributed by atoms with Gasteiger partial charge in [-0.05, 0) is 30.3 Å². The van der Waals surface area contributed by atoms with Crippen LogP contribution in [0.5, 0.6) is 0 Å². The SMILES string of the molecule is Fc1ccc(Br)cc1NCCc1ccccn1. The molecule has 0 saturated carbocycles. The molecule has 0 aliphatic carbocycles. The Balaban J connectivity index is 1.92. The number of nitrogens with zero attached hydrogens (tertiary/aromatic N) is 1. The molecule has 0 atom stereocenters. The number of pyridine rings is 1. The van der Waals surface area contributed by atoms with E-state index in [1.165, 1.54) is 6.07 Å². The normalized spacial score (nSPS) is 10.2. The van der Waals surface area contributed by atoms with Crippen molar-refractivity contribution in [3.63, 3.8) is 0 Å². The van der Waals surface area contributed by atoms with Gasteiger partial charge in [0.2, 0.25) is 0 Å². The Morgan fingerprint density at radius 3 is 2.88 bits per heavy atom. The molecule has 1 heterocycles. The van der Waals surface area contributed by atoms with Gasteiger partial charge in [0.25, 0.3) is 0 Å². The lowest BCUT2D eigenvalue weighted by Gasteiger charge is -2.07. The zero-order chi connectivity index (χ0) is 12.1. The van der Waals surface area contributed by atoms with Crippen LogP contribution in [0.4, 0.5) is 10.1 Å². The van der Waals surface area contributed by atoms with Crippen molar-refractivity contribution in [1.29, 1.82) is 0 Å². The van der Waals surface area contributed by atoms with Crippen LogP contribution in [-0.2, 0) is 6.42 Å². The van der Waals surface area contributed by atoms with E-state index in [0.717, 1.165) is 16.6 Å². The summed E-state index contributed by atoms with van der Waals surface area (Å²) in [4.78, 5) is 4.21. The lowest BCUT2D eigenvalue weighted by atomic mass is 10.2. The van der Waals surface area contributed by atoms with E-state index in [4.69, 9.17) is 0 Å². The molecular weight excluding hydrogens is 283 g/mol. The van der Waals surface area contributed by atoms with Crippen LogP contribution >= 0.6 is 15.9 Å². The summed E-state index contributed by atoms with van der Waals surface area (Å²) in [6.45, 7) is 0.657. The average Bonchev–Trinajstić information content (AvgIpc) is 2.35. The Bertz CT molecular complexity index is 488.